The molecule has 2 nitrogen and oxygen atoms in total. The van der Waals surface area contributed by atoms with Crippen molar-refractivity contribution < 1.29 is 9.53 Å². The zero-order chi connectivity index (χ0) is 16.2. The largest absolute Gasteiger partial charge is 0.497 e. The maximum atomic E-state index is 12.2. The maximum absolute atomic E-state index is 12.2. The van der Waals surface area contributed by atoms with Crippen molar-refractivity contribution in [2.75, 3.05) is 12.4 Å². The van der Waals surface area contributed by atoms with Gasteiger partial charge in [-0.1, -0.05) is 54.2 Å². The zero-order valence-electron chi connectivity index (χ0n) is 13.9. The molecule has 0 heterocycles. The minimum absolute atomic E-state index is 0.355. The Morgan fingerprint density at radius 3 is 2.45 bits per heavy atom. The van der Waals surface area contributed by atoms with Gasteiger partial charge in [-0.3, -0.25) is 4.79 Å². The molecule has 1 aromatic rings. The van der Waals surface area contributed by atoms with Gasteiger partial charge in [0.05, 0.1) is 7.11 Å². The lowest BCUT2D eigenvalue weighted by Crippen LogP contribution is -2.08. The van der Waals surface area contributed by atoms with E-state index in [1.54, 1.807) is 7.11 Å². The summed E-state index contributed by atoms with van der Waals surface area (Å²) in [5.41, 5.74) is 1.27. The highest BCUT2D eigenvalue weighted by molar-refractivity contribution is 9.09. The van der Waals surface area contributed by atoms with Gasteiger partial charge in [0, 0.05) is 18.2 Å². The lowest BCUT2D eigenvalue weighted by Gasteiger charge is -2.17. The fraction of sp³-hybridized carbons (Fsp3) is 0.632. The first-order chi connectivity index (χ1) is 10.7. The molecule has 1 rings (SSSR count). The molecule has 0 saturated carbocycles. The second-order valence-electron chi connectivity index (χ2n) is 5.85. The molecule has 3 heteroatoms. The molecule has 0 aromatic heterocycles. The molecule has 1 atom stereocenters. The summed E-state index contributed by atoms with van der Waals surface area (Å²) in [5, 5.41) is 0.985. The van der Waals surface area contributed by atoms with Crippen LogP contribution in [-0.2, 0) is 4.79 Å². The Balaban J connectivity index is 2.63. The van der Waals surface area contributed by atoms with Crippen LogP contribution in [0.2, 0.25) is 0 Å². The van der Waals surface area contributed by atoms with Crippen LogP contribution in [0.1, 0.15) is 69.8 Å². The van der Waals surface area contributed by atoms with Crippen molar-refractivity contribution in [1.82, 2.24) is 0 Å². The molecule has 0 radical (unpaired) electrons. The summed E-state index contributed by atoms with van der Waals surface area (Å²) in [7, 11) is 1.68. The predicted molar refractivity (Wildman–Crippen MR) is 97.1 cm³/mol. The molecule has 1 aromatic carbocycles. The molecular formula is C19H29BrO2. The number of unbranched alkanes of at least 4 members (excludes halogenated alkanes) is 3. The van der Waals surface area contributed by atoms with Crippen molar-refractivity contribution in [3.63, 3.8) is 0 Å². The summed E-state index contributed by atoms with van der Waals surface area (Å²) in [6.07, 6.45) is 8.22. The number of Topliss-reactive ketones (excluding diaryl/α,β-unsaturated/α-hetero) is 1. The van der Waals surface area contributed by atoms with Crippen LogP contribution in [0.4, 0.5) is 0 Å². The van der Waals surface area contributed by atoms with Gasteiger partial charge >= 0.3 is 0 Å². The first-order valence-electron chi connectivity index (χ1n) is 8.42. The van der Waals surface area contributed by atoms with E-state index >= 15 is 0 Å². The Bertz CT molecular complexity index is 414. The van der Waals surface area contributed by atoms with Gasteiger partial charge in [0.2, 0.25) is 0 Å². The van der Waals surface area contributed by atoms with E-state index in [9.17, 15) is 4.79 Å². The molecule has 0 aliphatic heterocycles. The van der Waals surface area contributed by atoms with Crippen LogP contribution in [0, 0.1) is 0 Å². The standard InChI is InChI=1S/C19H29BrO2/c1-3-4-5-8-17(15-18(21)9-6-7-14-20)16-10-12-19(22-2)13-11-16/h10-13,17H,3-9,14-15H2,1-2H3. The predicted octanol–water partition coefficient (Wildman–Crippen LogP) is 5.88. The average Bonchev–Trinajstić information content (AvgIpc) is 2.54. The third-order valence-electron chi connectivity index (χ3n) is 4.06. The summed E-state index contributed by atoms with van der Waals surface area (Å²) in [4.78, 5) is 12.2. The number of hydrogen-bond donors (Lipinski definition) is 0. The fourth-order valence-corrected chi connectivity index (χ4v) is 3.09. The van der Waals surface area contributed by atoms with E-state index in [-0.39, 0.29) is 0 Å². The summed E-state index contributed by atoms with van der Waals surface area (Å²) in [6.45, 7) is 2.22. The van der Waals surface area contributed by atoms with Crippen LogP contribution in [0.25, 0.3) is 0 Å². The van der Waals surface area contributed by atoms with E-state index in [1.165, 1.54) is 24.8 Å². The molecular weight excluding hydrogens is 340 g/mol. The Kier molecular flexibility index (Phi) is 10.2. The SMILES string of the molecule is CCCCCC(CC(=O)CCCCBr)c1ccc(OC)cc1. The second kappa shape index (κ2) is 11.7. The maximum Gasteiger partial charge on any atom is 0.133 e. The quantitative estimate of drug-likeness (QED) is 0.340. The number of halogens is 1. The molecule has 0 fully saturated rings. The van der Waals surface area contributed by atoms with Crippen molar-refractivity contribution in [3.8, 4) is 5.75 Å². The average molecular weight is 369 g/mol. The number of hydrogen-bond acceptors (Lipinski definition) is 2. The monoisotopic (exact) mass is 368 g/mol. The van der Waals surface area contributed by atoms with Crippen LogP contribution < -0.4 is 4.74 Å². The van der Waals surface area contributed by atoms with Crippen molar-refractivity contribution in [3.05, 3.63) is 29.8 Å². The number of carbonyl (C=O) groups excluding carboxylic acids is 1. The number of carbonyl (C=O) groups is 1. The number of ketones is 1. The highest BCUT2D eigenvalue weighted by Crippen LogP contribution is 2.28. The third kappa shape index (κ3) is 7.44. The zero-order valence-corrected chi connectivity index (χ0v) is 15.5. The van der Waals surface area contributed by atoms with E-state index in [0.717, 1.165) is 30.3 Å². The van der Waals surface area contributed by atoms with Crippen LogP contribution >= 0.6 is 15.9 Å². The summed E-state index contributed by atoms with van der Waals surface area (Å²) in [5.74, 6) is 1.63. The summed E-state index contributed by atoms with van der Waals surface area (Å²) < 4.78 is 5.22. The van der Waals surface area contributed by atoms with Gasteiger partial charge in [0.25, 0.3) is 0 Å². The Hall–Kier alpha value is -0.830. The van der Waals surface area contributed by atoms with Crippen LogP contribution in [0.15, 0.2) is 24.3 Å². The van der Waals surface area contributed by atoms with E-state index in [2.05, 4.69) is 35.0 Å². The topological polar surface area (TPSA) is 26.3 Å². The first-order valence-corrected chi connectivity index (χ1v) is 9.55. The van der Waals surface area contributed by atoms with Gasteiger partial charge in [-0.15, -0.1) is 0 Å². The molecule has 0 aliphatic rings. The van der Waals surface area contributed by atoms with E-state index in [4.69, 9.17) is 4.74 Å². The molecule has 1 unspecified atom stereocenters. The van der Waals surface area contributed by atoms with E-state index in [0.29, 0.717) is 24.5 Å². The molecule has 0 aliphatic carbocycles. The van der Waals surface area contributed by atoms with E-state index in [1.807, 2.05) is 12.1 Å². The van der Waals surface area contributed by atoms with Crippen molar-refractivity contribution >= 4 is 21.7 Å². The number of rotatable bonds is 12. The van der Waals surface area contributed by atoms with Crippen LogP contribution in [0.3, 0.4) is 0 Å². The minimum atomic E-state index is 0.355. The van der Waals surface area contributed by atoms with Gasteiger partial charge < -0.3 is 4.74 Å². The number of alkyl halides is 1. The third-order valence-corrected chi connectivity index (χ3v) is 4.62. The molecule has 0 amide bonds. The molecule has 0 bridgehead atoms. The molecule has 0 spiro atoms. The molecule has 0 N–H and O–H groups in total. The highest BCUT2D eigenvalue weighted by atomic mass is 79.9. The Labute approximate surface area is 143 Å². The van der Waals surface area contributed by atoms with Gasteiger partial charge in [-0.05, 0) is 42.9 Å². The number of benzene rings is 1. The van der Waals surface area contributed by atoms with Crippen molar-refractivity contribution in [2.45, 2.75) is 64.2 Å². The Morgan fingerprint density at radius 1 is 1.14 bits per heavy atom. The minimum Gasteiger partial charge on any atom is -0.497 e. The number of ether oxygens (including phenoxy) is 1. The molecule has 124 valence electrons. The summed E-state index contributed by atoms with van der Waals surface area (Å²) in [6, 6.07) is 8.22. The van der Waals surface area contributed by atoms with Crippen LogP contribution in [0.5, 0.6) is 5.75 Å². The van der Waals surface area contributed by atoms with Gasteiger partial charge in [0.1, 0.15) is 11.5 Å². The fourth-order valence-electron chi connectivity index (χ4n) is 2.70. The van der Waals surface area contributed by atoms with Gasteiger partial charge in [0.15, 0.2) is 0 Å². The second-order valence-corrected chi connectivity index (χ2v) is 6.65. The van der Waals surface area contributed by atoms with E-state index < -0.39 is 0 Å². The summed E-state index contributed by atoms with van der Waals surface area (Å²) >= 11 is 3.42. The highest BCUT2D eigenvalue weighted by Gasteiger charge is 2.16. The Morgan fingerprint density at radius 2 is 1.86 bits per heavy atom. The van der Waals surface area contributed by atoms with Crippen molar-refractivity contribution in [1.29, 1.82) is 0 Å². The lowest BCUT2D eigenvalue weighted by molar-refractivity contribution is -0.119. The smallest absolute Gasteiger partial charge is 0.133 e. The van der Waals surface area contributed by atoms with Crippen LogP contribution in [-0.4, -0.2) is 18.2 Å². The molecule has 0 saturated heterocycles. The first kappa shape index (κ1) is 19.2. The number of methoxy groups -OCH3 is 1. The molecule has 22 heavy (non-hydrogen) atoms. The van der Waals surface area contributed by atoms with Gasteiger partial charge in [-0.2, -0.15) is 0 Å². The lowest BCUT2D eigenvalue weighted by atomic mass is 9.88. The van der Waals surface area contributed by atoms with Crippen molar-refractivity contribution in [2.24, 2.45) is 0 Å². The van der Waals surface area contributed by atoms with Gasteiger partial charge in [-0.25, -0.2) is 0 Å². The normalized spacial score (nSPS) is 12.1.